The molecule has 0 saturated carbocycles. The molecule has 1 saturated heterocycles. The number of nitrogens with zero attached hydrogens (tertiary/aromatic N) is 3. The SMILES string of the molecule is Cc1ccc(-n2c(O)c(C=Nc3ccc(C(=O)N4CCCCC4)cc3)c(=O)[nH]c2=O)cc1. The highest BCUT2D eigenvalue weighted by Crippen LogP contribution is 2.19. The number of aromatic hydroxyl groups is 1. The zero-order valence-corrected chi connectivity index (χ0v) is 17.7. The van der Waals surface area contributed by atoms with E-state index in [0.717, 1.165) is 42.5 Å². The number of nitrogens with one attached hydrogen (secondary N) is 1. The van der Waals surface area contributed by atoms with Gasteiger partial charge in [-0.3, -0.25) is 19.6 Å². The maximum atomic E-state index is 12.6. The number of carbonyl (C=O) groups excluding carboxylic acids is 1. The minimum absolute atomic E-state index is 0.000470. The molecule has 4 rings (SSSR count). The largest absolute Gasteiger partial charge is 0.493 e. The summed E-state index contributed by atoms with van der Waals surface area (Å²) >= 11 is 0. The Labute approximate surface area is 184 Å². The minimum atomic E-state index is -0.742. The Bertz CT molecular complexity index is 1270. The van der Waals surface area contributed by atoms with Crippen LogP contribution in [0.2, 0.25) is 0 Å². The maximum Gasteiger partial charge on any atom is 0.335 e. The van der Waals surface area contributed by atoms with E-state index in [-0.39, 0.29) is 11.5 Å². The average Bonchev–Trinajstić information content (AvgIpc) is 2.80. The molecule has 2 aromatic carbocycles. The number of benzene rings is 2. The van der Waals surface area contributed by atoms with Gasteiger partial charge in [0.2, 0.25) is 5.88 Å². The van der Waals surface area contributed by atoms with Crippen molar-refractivity contribution in [2.75, 3.05) is 13.1 Å². The third kappa shape index (κ3) is 4.39. The summed E-state index contributed by atoms with van der Waals surface area (Å²) in [6, 6.07) is 13.7. The van der Waals surface area contributed by atoms with Crippen molar-refractivity contribution in [3.63, 3.8) is 0 Å². The van der Waals surface area contributed by atoms with Gasteiger partial charge < -0.3 is 10.0 Å². The van der Waals surface area contributed by atoms with Crippen LogP contribution in [-0.2, 0) is 0 Å². The molecule has 0 unspecified atom stereocenters. The first kappa shape index (κ1) is 21.3. The van der Waals surface area contributed by atoms with Crippen LogP contribution in [0.25, 0.3) is 5.69 Å². The van der Waals surface area contributed by atoms with E-state index in [9.17, 15) is 19.5 Å². The van der Waals surface area contributed by atoms with Crippen LogP contribution < -0.4 is 11.2 Å². The number of likely N-dealkylation sites (tertiary alicyclic amines) is 1. The van der Waals surface area contributed by atoms with Gasteiger partial charge in [0, 0.05) is 24.9 Å². The summed E-state index contributed by atoms with van der Waals surface area (Å²) in [4.78, 5) is 45.4. The Morgan fingerprint density at radius 3 is 2.31 bits per heavy atom. The molecule has 1 aliphatic heterocycles. The van der Waals surface area contributed by atoms with E-state index < -0.39 is 17.1 Å². The van der Waals surface area contributed by atoms with Crippen LogP contribution in [0.15, 0.2) is 63.1 Å². The Hall–Kier alpha value is -3.94. The molecular formula is C24H24N4O4. The zero-order valence-electron chi connectivity index (χ0n) is 17.7. The molecule has 0 atom stereocenters. The number of carbonyl (C=O) groups is 1. The first-order valence-electron chi connectivity index (χ1n) is 10.5. The lowest BCUT2D eigenvalue weighted by Gasteiger charge is -2.26. The smallest absolute Gasteiger partial charge is 0.335 e. The number of aromatic nitrogens is 2. The fourth-order valence-electron chi connectivity index (χ4n) is 3.70. The number of hydrogen-bond donors (Lipinski definition) is 2. The molecule has 8 nitrogen and oxygen atoms in total. The van der Waals surface area contributed by atoms with E-state index in [1.807, 2.05) is 11.8 Å². The Morgan fingerprint density at radius 1 is 1.00 bits per heavy atom. The van der Waals surface area contributed by atoms with E-state index in [0.29, 0.717) is 16.9 Å². The van der Waals surface area contributed by atoms with Crippen LogP contribution in [0, 0.1) is 6.92 Å². The lowest BCUT2D eigenvalue weighted by Crippen LogP contribution is -2.35. The van der Waals surface area contributed by atoms with Gasteiger partial charge >= 0.3 is 5.69 Å². The summed E-state index contributed by atoms with van der Waals surface area (Å²) in [6.45, 7) is 3.46. The van der Waals surface area contributed by atoms with Crippen LogP contribution in [0.5, 0.6) is 5.88 Å². The number of H-pyrrole nitrogens is 1. The summed E-state index contributed by atoms with van der Waals surface area (Å²) in [5.74, 6) is -0.497. The molecule has 0 aliphatic carbocycles. The molecule has 0 spiro atoms. The van der Waals surface area contributed by atoms with Crippen molar-refractivity contribution in [1.82, 2.24) is 14.5 Å². The number of aryl methyl sites for hydroxylation is 1. The molecule has 8 heteroatoms. The number of rotatable bonds is 4. The highest BCUT2D eigenvalue weighted by molar-refractivity contribution is 5.94. The zero-order chi connectivity index (χ0) is 22.7. The lowest BCUT2D eigenvalue weighted by atomic mass is 10.1. The first-order chi connectivity index (χ1) is 15.4. The number of aliphatic imine (C=N–C) groups is 1. The van der Waals surface area contributed by atoms with Gasteiger partial charge in [-0.15, -0.1) is 0 Å². The van der Waals surface area contributed by atoms with Crippen LogP contribution in [0.3, 0.4) is 0 Å². The molecule has 164 valence electrons. The summed E-state index contributed by atoms with van der Waals surface area (Å²) in [5.41, 5.74) is 0.884. The molecule has 0 bridgehead atoms. The van der Waals surface area contributed by atoms with Gasteiger partial charge in [-0.25, -0.2) is 9.36 Å². The highest BCUT2D eigenvalue weighted by atomic mass is 16.3. The van der Waals surface area contributed by atoms with Gasteiger partial charge in [0.15, 0.2) is 0 Å². The second kappa shape index (κ2) is 9.05. The van der Waals surface area contributed by atoms with Crippen molar-refractivity contribution < 1.29 is 9.90 Å². The summed E-state index contributed by atoms with van der Waals surface area (Å²) in [6.07, 6.45) is 4.41. The molecule has 2 heterocycles. The monoisotopic (exact) mass is 432 g/mol. The van der Waals surface area contributed by atoms with Crippen LogP contribution in [0.1, 0.15) is 40.7 Å². The molecular weight excluding hydrogens is 408 g/mol. The molecule has 1 amide bonds. The van der Waals surface area contributed by atoms with Gasteiger partial charge in [-0.1, -0.05) is 17.7 Å². The molecule has 32 heavy (non-hydrogen) atoms. The van der Waals surface area contributed by atoms with Gasteiger partial charge in [0.25, 0.3) is 11.5 Å². The average molecular weight is 432 g/mol. The van der Waals surface area contributed by atoms with E-state index >= 15 is 0 Å². The van der Waals surface area contributed by atoms with Crippen molar-refractivity contribution in [2.45, 2.75) is 26.2 Å². The fourth-order valence-corrected chi connectivity index (χ4v) is 3.70. The Morgan fingerprint density at radius 2 is 1.66 bits per heavy atom. The molecule has 1 aromatic heterocycles. The predicted molar refractivity (Wildman–Crippen MR) is 123 cm³/mol. The first-order valence-corrected chi connectivity index (χ1v) is 10.5. The Balaban J connectivity index is 1.60. The number of piperidine rings is 1. The predicted octanol–water partition coefficient (Wildman–Crippen LogP) is 2.92. The standard InChI is InChI=1S/C24H24N4O4/c1-16-5-11-19(12-6-16)28-23(31)20(21(29)26-24(28)32)15-25-18-9-7-17(8-10-18)22(30)27-13-3-2-4-14-27/h5-12,15,31H,2-4,13-14H2,1H3,(H,26,29,32). The highest BCUT2D eigenvalue weighted by Gasteiger charge is 2.18. The molecule has 2 N–H and O–H groups in total. The molecule has 1 aliphatic rings. The normalized spacial score (nSPS) is 14.1. The number of aromatic amines is 1. The third-order valence-corrected chi connectivity index (χ3v) is 5.51. The van der Waals surface area contributed by atoms with Gasteiger partial charge in [0.1, 0.15) is 5.56 Å². The van der Waals surface area contributed by atoms with Crippen LogP contribution in [-0.4, -0.2) is 44.8 Å². The fraction of sp³-hybridized carbons (Fsp3) is 0.250. The van der Waals surface area contributed by atoms with E-state index in [1.54, 1.807) is 48.5 Å². The minimum Gasteiger partial charge on any atom is -0.493 e. The summed E-state index contributed by atoms with van der Waals surface area (Å²) in [7, 11) is 0. The summed E-state index contributed by atoms with van der Waals surface area (Å²) in [5, 5.41) is 10.6. The quantitative estimate of drug-likeness (QED) is 0.618. The van der Waals surface area contributed by atoms with Crippen molar-refractivity contribution in [3.8, 4) is 11.6 Å². The molecule has 1 fully saturated rings. The number of amides is 1. The summed E-state index contributed by atoms with van der Waals surface area (Å²) < 4.78 is 1.02. The second-order valence-corrected chi connectivity index (χ2v) is 7.83. The van der Waals surface area contributed by atoms with Crippen molar-refractivity contribution in [2.24, 2.45) is 4.99 Å². The van der Waals surface area contributed by atoms with Crippen molar-refractivity contribution in [3.05, 3.63) is 86.1 Å². The van der Waals surface area contributed by atoms with Crippen LogP contribution in [0.4, 0.5) is 5.69 Å². The molecule has 3 aromatic rings. The van der Waals surface area contributed by atoms with E-state index in [4.69, 9.17) is 0 Å². The van der Waals surface area contributed by atoms with Crippen molar-refractivity contribution in [1.29, 1.82) is 0 Å². The topological polar surface area (TPSA) is 108 Å². The van der Waals surface area contributed by atoms with Crippen molar-refractivity contribution >= 4 is 17.8 Å². The van der Waals surface area contributed by atoms with E-state index in [2.05, 4.69) is 9.98 Å². The number of hydrogen-bond acceptors (Lipinski definition) is 5. The van der Waals surface area contributed by atoms with Gasteiger partial charge in [-0.05, 0) is 62.6 Å². The van der Waals surface area contributed by atoms with E-state index in [1.165, 1.54) is 6.21 Å². The maximum absolute atomic E-state index is 12.6. The van der Waals surface area contributed by atoms with Gasteiger partial charge in [-0.2, -0.15) is 0 Å². The second-order valence-electron chi connectivity index (χ2n) is 7.83. The lowest BCUT2D eigenvalue weighted by molar-refractivity contribution is 0.0724. The molecule has 0 radical (unpaired) electrons. The van der Waals surface area contributed by atoms with Crippen LogP contribution >= 0.6 is 0 Å². The van der Waals surface area contributed by atoms with Gasteiger partial charge in [0.05, 0.1) is 11.4 Å². The Kier molecular flexibility index (Phi) is 6.02. The third-order valence-electron chi connectivity index (χ3n) is 5.51.